The molecule has 82 valence electrons. The molecule has 0 unspecified atom stereocenters. The summed E-state index contributed by atoms with van der Waals surface area (Å²) in [6.07, 6.45) is 2.50. The van der Waals surface area contributed by atoms with E-state index in [0.717, 1.165) is 11.8 Å². The van der Waals surface area contributed by atoms with Gasteiger partial charge in [0.25, 0.3) is 0 Å². The maximum absolute atomic E-state index is 11.5. The van der Waals surface area contributed by atoms with Crippen LogP contribution in [0.5, 0.6) is 0 Å². The molecular weight excluding hydrogens is 214 g/mol. The molecule has 1 aromatic rings. The molecule has 1 aromatic carbocycles. The lowest BCUT2D eigenvalue weighted by Crippen LogP contribution is -2.02. The predicted molar refractivity (Wildman–Crippen MR) is 57.6 cm³/mol. The third-order valence-corrected chi connectivity index (χ3v) is 2.94. The van der Waals surface area contributed by atoms with Crippen molar-refractivity contribution in [3.05, 3.63) is 42.2 Å². The van der Waals surface area contributed by atoms with Crippen molar-refractivity contribution in [1.29, 1.82) is 0 Å². The monoisotopic (exact) mass is 227 g/mol. The Morgan fingerprint density at radius 2 is 1.93 bits per heavy atom. The molecule has 15 heavy (non-hydrogen) atoms. The zero-order chi connectivity index (χ0) is 11.3. The molecule has 0 saturated carbocycles. The lowest BCUT2D eigenvalue weighted by molar-refractivity contribution is 0.442. The Morgan fingerprint density at radius 3 is 2.47 bits per heavy atom. The van der Waals surface area contributed by atoms with Crippen molar-refractivity contribution in [2.45, 2.75) is 11.8 Å². The van der Waals surface area contributed by atoms with Crippen molar-refractivity contribution >= 4 is 10.1 Å². The van der Waals surface area contributed by atoms with Gasteiger partial charge < -0.3 is 9.92 Å². The Balaban J connectivity index is 2.87. The molecule has 0 spiro atoms. The van der Waals surface area contributed by atoms with Crippen LogP contribution in [0.2, 0.25) is 0 Å². The molecule has 0 saturated heterocycles. The van der Waals surface area contributed by atoms with Crippen LogP contribution in [0.25, 0.3) is 0 Å². The summed E-state index contributed by atoms with van der Waals surface area (Å²) in [5.41, 5.74) is 6.15. The van der Waals surface area contributed by atoms with E-state index in [-0.39, 0.29) is 11.4 Å². The Kier molecular flexibility index (Phi) is 3.88. The summed E-state index contributed by atoms with van der Waals surface area (Å²) in [4.78, 5) is 0.134. The van der Waals surface area contributed by atoms with Crippen LogP contribution in [-0.4, -0.2) is 15.0 Å². The molecule has 1 rings (SSSR count). The molecule has 0 bridgehead atoms. The molecule has 0 aliphatic rings. The van der Waals surface area contributed by atoms with Gasteiger partial charge in [-0.2, -0.15) is 8.42 Å². The largest absolute Gasteiger partial charge is 0.387 e. The van der Waals surface area contributed by atoms with Gasteiger partial charge >= 0.3 is 10.1 Å². The average Bonchev–Trinajstić information content (AvgIpc) is 2.18. The highest BCUT2D eigenvalue weighted by Gasteiger charge is 2.12. The first kappa shape index (κ1) is 11.7. The van der Waals surface area contributed by atoms with E-state index in [1.807, 2.05) is 6.92 Å². The van der Waals surface area contributed by atoms with Crippen LogP contribution in [0.4, 0.5) is 0 Å². The van der Waals surface area contributed by atoms with Crippen LogP contribution in [-0.2, 0) is 14.3 Å². The lowest BCUT2D eigenvalue weighted by Gasteiger charge is -2.02. The molecule has 2 N–H and O–H groups in total. The molecule has 0 aliphatic heterocycles. The van der Waals surface area contributed by atoms with E-state index in [9.17, 15) is 8.42 Å². The van der Waals surface area contributed by atoms with Crippen LogP contribution < -0.4 is 5.73 Å². The second kappa shape index (κ2) is 4.95. The zero-order valence-corrected chi connectivity index (χ0v) is 9.20. The summed E-state index contributed by atoms with van der Waals surface area (Å²) in [5, 5.41) is 0. The molecule has 0 fully saturated rings. The van der Waals surface area contributed by atoms with Gasteiger partial charge in [0, 0.05) is 6.54 Å². The molecule has 0 aromatic heterocycles. The second-order valence-electron chi connectivity index (χ2n) is 2.97. The molecule has 0 amide bonds. The van der Waals surface area contributed by atoms with Crippen LogP contribution in [0.15, 0.2) is 41.5 Å². The van der Waals surface area contributed by atoms with Crippen LogP contribution in [0.3, 0.4) is 0 Å². The first-order valence-electron chi connectivity index (χ1n) is 4.41. The fourth-order valence-electron chi connectivity index (χ4n) is 0.928. The summed E-state index contributed by atoms with van der Waals surface area (Å²) in [5.74, 6) is 0. The third-order valence-electron chi connectivity index (χ3n) is 1.72. The van der Waals surface area contributed by atoms with Crippen molar-refractivity contribution in [2.24, 2.45) is 5.73 Å². The van der Waals surface area contributed by atoms with Gasteiger partial charge in [-0.1, -0.05) is 17.7 Å². The van der Waals surface area contributed by atoms with E-state index >= 15 is 0 Å². The highest BCUT2D eigenvalue weighted by Crippen LogP contribution is 2.13. The van der Waals surface area contributed by atoms with Crippen molar-refractivity contribution in [1.82, 2.24) is 0 Å². The standard InChI is InChI=1S/C10H13NO3S/c1-9-3-5-10(6-4-9)15(12,13)14-8-2-7-11/h2-6,8H,7,11H2,1H3. The molecular formula is C10H13NO3S. The van der Waals surface area contributed by atoms with Gasteiger partial charge in [-0.15, -0.1) is 0 Å². The van der Waals surface area contributed by atoms with Gasteiger partial charge in [0.1, 0.15) is 11.2 Å². The molecule has 0 aliphatic carbocycles. The van der Waals surface area contributed by atoms with E-state index in [4.69, 9.17) is 5.73 Å². The van der Waals surface area contributed by atoms with E-state index in [1.54, 1.807) is 12.1 Å². The quantitative estimate of drug-likeness (QED) is 0.619. The molecule has 5 heteroatoms. The van der Waals surface area contributed by atoms with Gasteiger partial charge in [-0.05, 0) is 25.1 Å². The topological polar surface area (TPSA) is 69.4 Å². The highest BCUT2D eigenvalue weighted by molar-refractivity contribution is 7.86. The number of hydrogen-bond acceptors (Lipinski definition) is 4. The lowest BCUT2D eigenvalue weighted by atomic mass is 10.2. The van der Waals surface area contributed by atoms with E-state index < -0.39 is 10.1 Å². The van der Waals surface area contributed by atoms with E-state index in [2.05, 4.69) is 4.18 Å². The Hall–Kier alpha value is -1.33. The second-order valence-corrected chi connectivity index (χ2v) is 4.54. The fraction of sp³-hybridized carbons (Fsp3) is 0.200. The van der Waals surface area contributed by atoms with Crippen molar-refractivity contribution in [3.8, 4) is 0 Å². The first-order chi connectivity index (χ1) is 7.06. The maximum atomic E-state index is 11.5. The average molecular weight is 227 g/mol. The summed E-state index contributed by atoms with van der Waals surface area (Å²) in [7, 11) is -3.69. The van der Waals surface area contributed by atoms with Crippen molar-refractivity contribution < 1.29 is 12.6 Å². The van der Waals surface area contributed by atoms with Crippen LogP contribution in [0, 0.1) is 6.92 Å². The SMILES string of the molecule is Cc1ccc(S(=O)(=O)OC=CCN)cc1. The third kappa shape index (κ3) is 3.38. The molecule has 4 nitrogen and oxygen atoms in total. The Morgan fingerprint density at radius 1 is 1.33 bits per heavy atom. The summed E-state index contributed by atoms with van der Waals surface area (Å²) in [6, 6.07) is 6.42. The van der Waals surface area contributed by atoms with Gasteiger partial charge in [-0.25, -0.2) is 0 Å². The van der Waals surface area contributed by atoms with Gasteiger partial charge in [0.2, 0.25) is 0 Å². The van der Waals surface area contributed by atoms with Gasteiger partial charge in [-0.3, -0.25) is 0 Å². The summed E-state index contributed by atoms with van der Waals surface area (Å²) < 4.78 is 27.6. The summed E-state index contributed by atoms with van der Waals surface area (Å²) in [6.45, 7) is 2.12. The Bertz CT molecular complexity index is 434. The van der Waals surface area contributed by atoms with E-state index in [0.29, 0.717) is 0 Å². The fourth-order valence-corrected chi connectivity index (χ4v) is 1.73. The molecule has 0 radical (unpaired) electrons. The number of hydrogen-bond donors (Lipinski definition) is 1. The minimum absolute atomic E-state index is 0.134. The number of nitrogens with two attached hydrogens (primary N) is 1. The maximum Gasteiger partial charge on any atom is 0.338 e. The minimum atomic E-state index is -3.69. The van der Waals surface area contributed by atoms with Gasteiger partial charge in [0.05, 0.1) is 0 Å². The molecule has 0 heterocycles. The predicted octanol–water partition coefficient (Wildman–Crippen LogP) is 1.17. The van der Waals surface area contributed by atoms with E-state index in [1.165, 1.54) is 18.2 Å². The van der Waals surface area contributed by atoms with Crippen LogP contribution in [0.1, 0.15) is 5.56 Å². The van der Waals surface area contributed by atoms with Gasteiger partial charge in [0.15, 0.2) is 0 Å². The van der Waals surface area contributed by atoms with Crippen molar-refractivity contribution in [3.63, 3.8) is 0 Å². The number of aryl methyl sites for hydroxylation is 1. The number of rotatable bonds is 4. The minimum Gasteiger partial charge on any atom is -0.387 e. The zero-order valence-electron chi connectivity index (χ0n) is 8.38. The molecule has 0 atom stereocenters. The van der Waals surface area contributed by atoms with Crippen LogP contribution >= 0.6 is 0 Å². The number of benzene rings is 1. The highest BCUT2D eigenvalue weighted by atomic mass is 32.2. The first-order valence-corrected chi connectivity index (χ1v) is 5.82. The smallest absolute Gasteiger partial charge is 0.338 e. The summed E-state index contributed by atoms with van der Waals surface area (Å²) >= 11 is 0. The van der Waals surface area contributed by atoms with Crippen molar-refractivity contribution in [2.75, 3.05) is 6.54 Å². The normalized spacial score (nSPS) is 11.9. The Labute approximate surface area is 89.5 Å².